The number of hydrogen-bond acceptors (Lipinski definition) is 6. The highest BCUT2D eigenvalue weighted by atomic mass is 16.5. The van der Waals surface area contributed by atoms with E-state index in [2.05, 4.69) is 15.1 Å². The molecular formula is C15H18N4O3. The van der Waals surface area contributed by atoms with Crippen LogP contribution in [0, 0.1) is 0 Å². The quantitative estimate of drug-likeness (QED) is 0.847. The molecule has 0 saturated carbocycles. The molecule has 1 amide bonds. The van der Waals surface area contributed by atoms with Gasteiger partial charge in [0.25, 0.3) is 0 Å². The van der Waals surface area contributed by atoms with E-state index in [0.717, 1.165) is 0 Å². The van der Waals surface area contributed by atoms with Gasteiger partial charge in [-0.15, -0.1) is 0 Å². The molecular weight excluding hydrogens is 284 g/mol. The van der Waals surface area contributed by atoms with E-state index in [1.807, 2.05) is 30.0 Å². The molecule has 3 rings (SSSR count). The molecule has 2 aromatic rings. The molecule has 0 aliphatic carbocycles. The van der Waals surface area contributed by atoms with E-state index in [0.29, 0.717) is 49.9 Å². The molecule has 0 unspecified atom stereocenters. The Kier molecular flexibility index (Phi) is 4.43. The van der Waals surface area contributed by atoms with Crippen molar-refractivity contribution in [2.45, 2.75) is 25.9 Å². The van der Waals surface area contributed by atoms with Crippen LogP contribution in [0.1, 0.15) is 19.2 Å². The second-order valence-corrected chi connectivity index (χ2v) is 5.25. The number of carbonyl (C=O) groups is 1. The Balaban J connectivity index is 1.56. The van der Waals surface area contributed by atoms with Gasteiger partial charge in [0.1, 0.15) is 5.69 Å². The first-order chi connectivity index (χ1) is 10.7. The van der Waals surface area contributed by atoms with Crippen molar-refractivity contribution in [2.24, 2.45) is 0 Å². The third-order valence-electron chi connectivity index (χ3n) is 3.51. The van der Waals surface area contributed by atoms with Gasteiger partial charge in [0.15, 0.2) is 0 Å². The average molecular weight is 302 g/mol. The summed E-state index contributed by atoms with van der Waals surface area (Å²) in [6.07, 6.45) is 2.56. The van der Waals surface area contributed by atoms with Gasteiger partial charge in [0.05, 0.1) is 12.7 Å². The molecule has 0 radical (unpaired) electrons. The number of amides is 1. The third kappa shape index (κ3) is 3.48. The van der Waals surface area contributed by atoms with Crippen LogP contribution in [0.3, 0.4) is 0 Å². The van der Waals surface area contributed by atoms with Crippen molar-refractivity contribution >= 4 is 5.91 Å². The molecule has 22 heavy (non-hydrogen) atoms. The summed E-state index contributed by atoms with van der Waals surface area (Å²) in [5, 5.41) is 3.90. The van der Waals surface area contributed by atoms with E-state index < -0.39 is 0 Å². The van der Waals surface area contributed by atoms with E-state index in [-0.39, 0.29) is 12.0 Å². The number of pyridine rings is 1. The summed E-state index contributed by atoms with van der Waals surface area (Å²) in [5.41, 5.74) is 0.658. The lowest BCUT2D eigenvalue weighted by Gasteiger charge is -2.31. The van der Waals surface area contributed by atoms with Gasteiger partial charge in [-0.25, -0.2) is 0 Å². The minimum atomic E-state index is 0.0905. The minimum Gasteiger partial charge on any atom is -0.375 e. The Morgan fingerprint density at radius 3 is 3.14 bits per heavy atom. The predicted molar refractivity (Wildman–Crippen MR) is 77.8 cm³/mol. The summed E-state index contributed by atoms with van der Waals surface area (Å²) in [7, 11) is 0. The number of carbonyl (C=O) groups excluding carboxylic acids is 1. The normalized spacial score (nSPS) is 18.4. The molecule has 0 aromatic carbocycles. The fraction of sp³-hybridized carbons (Fsp3) is 0.467. The highest BCUT2D eigenvalue weighted by Gasteiger charge is 2.21. The lowest BCUT2D eigenvalue weighted by molar-refractivity contribution is -0.138. The fourth-order valence-corrected chi connectivity index (χ4v) is 2.37. The topological polar surface area (TPSA) is 81.4 Å². The Labute approximate surface area is 128 Å². The van der Waals surface area contributed by atoms with Crippen LogP contribution >= 0.6 is 0 Å². The molecule has 7 heteroatoms. The zero-order chi connectivity index (χ0) is 15.4. The molecule has 1 aliphatic rings. The SMILES string of the molecule is C[C@H]1CN(C(=O)CCc2nc(-c3ccccn3)no2)CCO1. The van der Waals surface area contributed by atoms with Crippen LogP contribution in [0.25, 0.3) is 11.5 Å². The Bertz CT molecular complexity index is 629. The summed E-state index contributed by atoms with van der Waals surface area (Å²) in [6.45, 7) is 3.85. The van der Waals surface area contributed by atoms with Gasteiger partial charge >= 0.3 is 0 Å². The number of rotatable bonds is 4. The molecule has 116 valence electrons. The molecule has 0 N–H and O–H groups in total. The van der Waals surface area contributed by atoms with Crippen molar-refractivity contribution in [3.63, 3.8) is 0 Å². The highest BCUT2D eigenvalue weighted by Crippen LogP contribution is 2.13. The van der Waals surface area contributed by atoms with Gasteiger partial charge in [-0.2, -0.15) is 4.98 Å². The van der Waals surface area contributed by atoms with E-state index in [9.17, 15) is 4.79 Å². The number of morpholine rings is 1. The van der Waals surface area contributed by atoms with E-state index >= 15 is 0 Å². The number of aromatic nitrogens is 3. The van der Waals surface area contributed by atoms with Crippen molar-refractivity contribution in [1.29, 1.82) is 0 Å². The Hall–Kier alpha value is -2.28. The number of ether oxygens (including phenoxy) is 1. The van der Waals surface area contributed by atoms with Crippen LogP contribution in [0.2, 0.25) is 0 Å². The van der Waals surface area contributed by atoms with Crippen LogP contribution in [-0.4, -0.2) is 51.7 Å². The van der Waals surface area contributed by atoms with Gasteiger partial charge in [-0.1, -0.05) is 11.2 Å². The van der Waals surface area contributed by atoms with E-state index in [1.165, 1.54) is 0 Å². The average Bonchev–Trinajstić information content (AvgIpc) is 3.02. The zero-order valence-electron chi connectivity index (χ0n) is 12.4. The van der Waals surface area contributed by atoms with Gasteiger partial charge in [0, 0.05) is 32.1 Å². The first kappa shape index (κ1) is 14.6. The summed E-state index contributed by atoms with van der Waals surface area (Å²) in [6, 6.07) is 5.50. The standard InChI is InChI=1S/C15H18N4O3/c1-11-10-19(8-9-21-11)14(20)6-5-13-17-15(18-22-13)12-4-2-3-7-16-12/h2-4,7,11H,5-6,8-10H2,1H3/t11-/m0/s1. The summed E-state index contributed by atoms with van der Waals surface area (Å²) in [5.74, 6) is 0.992. The molecule has 2 aromatic heterocycles. The van der Waals surface area contributed by atoms with Gasteiger partial charge in [0.2, 0.25) is 17.6 Å². The highest BCUT2D eigenvalue weighted by molar-refractivity contribution is 5.76. The molecule has 1 aliphatic heterocycles. The minimum absolute atomic E-state index is 0.0905. The maximum absolute atomic E-state index is 12.2. The first-order valence-corrected chi connectivity index (χ1v) is 7.36. The summed E-state index contributed by atoms with van der Waals surface area (Å²) < 4.78 is 10.6. The van der Waals surface area contributed by atoms with Gasteiger partial charge in [-0.3, -0.25) is 9.78 Å². The maximum Gasteiger partial charge on any atom is 0.227 e. The van der Waals surface area contributed by atoms with Gasteiger partial charge < -0.3 is 14.2 Å². The van der Waals surface area contributed by atoms with Crippen molar-refractivity contribution < 1.29 is 14.1 Å². The van der Waals surface area contributed by atoms with Crippen molar-refractivity contribution in [3.8, 4) is 11.5 Å². The monoisotopic (exact) mass is 302 g/mol. The molecule has 1 saturated heterocycles. The summed E-state index contributed by atoms with van der Waals surface area (Å²) in [4.78, 5) is 22.4. The van der Waals surface area contributed by atoms with Crippen molar-refractivity contribution in [1.82, 2.24) is 20.0 Å². The fourth-order valence-electron chi connectivity index (χ4n) is 2.37. The first-order valence-electron chi connectivity index (χ1n) is 7.36. The lowest BCUT2D eigenvalue weighted by atomic mass is 10.2. The van der Waals surface area contributed by atoms with Crippen molar-refractivity contribution in [3.05, 3.63) is 30.3 Å². The molecule has 1 atom stereocenters. The predicted octanol–water partition coefficient (Wildman–Crippen LogP) is 1.31. The third-order valence-corrected chi connectivity index (χ3v) is 3.51. The zero-order valence-corrected chi connectivity index (χ0v) is 12.4. The Morgan fingerprint density at radius 1 is 1.45 bits per heavy atom. The molecule has 7 nitrogen and oxygen atoms in total. The lowest BCUT2D eigenvalue weighted by Crippen LogP contribution is -2.44. The summed E-state index contributed by atoms with van der Waals surface area (Å²) >= 11 is 0. The molecule has 1 fully saturated rings. The van der Waals surface area contributed by atoms with Crippen LogP contribution < -0.4 is 0 Å². The van der Waals surface area contributed by atoms with Crippen LogP contribution in [0.15, 0.2) is 28.9 Å². The Morgan fingerprint density at radius 2 is 2.36 bits per heavy atom. The number of nitrogens with zero attached hydrogens (tertiary/aromatic N) is 4. The second-order valence-electron chi connectivity index (χ2n) is 5.25. The number of aryl methyl sites for hydroxylation is 1. The van der Waals surface area contributed by atoms with Gasteiger partial charge in [-0.05, 0) is 19.1 Å². The maximum atomic E-state index is 12.2. The molecule has 3 heterocycles. The molecule has 0 bridgehead atoms. The van der Waals surface area contributed by atoms with E-state index in [4.69, 9.17) is 9.26 Å². The van der Waals surface area contributed by atoms with Crippen LogP contribution in [-0.2, 0) is 16.0 Å². The van der Waals surface area contributed by atoms with E-state index in [1.54, 1.807) is 6.20 Å². The largest absolute Gasteiger partial charge is 0.375 e. The second kappa shape index (κ2) is 6.65. The number of hydrogen-bond donors (Lipinski definition) is 0. The van der Waals surface area contributed by atoms with Crippen LogP contribution in [0.5, 0.6) is 0 Å². The van der Waals surface area contributed by atoms with Crippen molar-refractivity contribution in [2.75, 3.05) is 19.7 Å². The van der Waals surface area contributed by atoms with Crippen LogP contribution in [0.4, 0.5) is 0 Å². The molecule has 0 spiro atoms. The smallest absolute Gasteiger partial charge is 0.227 e.